The van der Waals surface area contributed by atoms with Gasteiger partial charge in [-0.15, -0.1) is 11.4 Å². The van der Waals surface area contributed by atoms with Crippen molar-refractivity contribution in [2.45, 2.75) is 19.8 Å². The van der Waals surface area contributed by atoms with Crippen LogP contribution in [0.4, 0.5) is 0 Å². The van der Waals surface area contributed by atoms with Crippen molar-refractivity contribution >= 4 is 33.3 Å². The molecule has 1 aliphatic heterocycles. The minimum Gasteiger partial charge on any atom is -0.357 e. The van der Waals surface area contributed by atoms with Crippen LogP contribution in [0, 0.1) is 0 Å². The van der Waals surface area contributed by atoms with Crippen LogP contribution in [0.1, 0.15) is 19.8 Å². The maximum atomic E-state index is 11.1. The number of hydrogen-bond acceptors (Lipinski definition) is 3. The molecule has 0 bridgehead atoms. The lowest BCUT2D eigenvalue weighted by molar-refractivity contribution is -0.137. The normalized spacial score (nSPS) is 18.4. The molecule has 0 aromatic carbocycles. The Bertz CT molecular complexity index is 307. The molecule has 0 aromatic heterocycles. The van der Waals surface area contributed by atoms with Gasteiger partial charge in [0.25, 0.3) is 0 Å². The molecular formula is C8H11NO4S. The Morgan fingerprint density at radius 2 is 1.93 bits per heavy atom. The second kappa shape index (κ2) is 4.47. The molecule has 1 fully saturated rings. The van der Waals surface area contributed by atoms with Crippen molar-refractivity contribution in [3.63, 3.8) is 0 Å². The monoisotopic (exact) mass is 217 g/mol. The standard InChI is InChI=1S/C8H11NO4S/c1-5(10)14-8(13)4-9-6(11)2-3-7(9)12/h13-14H,2-4H2,1H3. The first-order chi connectivity index (χ1) is 6.50. The van der Waals surface area contributed by atoms with Gasteiger partial charge in [0.2, 0.25) is 11.8 Å². The van der Waals surface area contributed by atoms with E-state index < -0.39 is 0 Å². The molecule has 1 rings (SSSR count). The zero-order chi connectivity index (χ0) is 10.7. The number of nitrogens with zero attached hydrogens (tertiary/aromatic N) is 1. The van der Waals surface area contributed by atoms with E-state index in [-0.39, 0.29) is 52.7 Å². The summed E-state index contributed by atoms with van der Waals surface area (Å²) in [5.41, 5.74) is 0. The summed E-state index contributed by atoms with van der Waals surface area (Å²) in [6.45, 7) is 1.17. The molecule has 0 unspecified atom stereocenters. The van der Waals surface area contributed by atoms with E-state index in [0.29, 0.717) is 0 Å². The molecule has 0 aromatic rings. The molecular weight excluding hydrogens is 206 g/mol. The molecule has 6 heteroatoms. The highest BCUT2D eigenvalue weighted by Gasteiger charge is 2.29. The molecule has 5 nitrogen and oxygen atoms in total. The molecule has 0 spiro atoms. The van der Waals surface area contributed by atoms with E-state index >= 15 is 0 Å². The van der Waals surface area contributed by atoms with Gasteiger partial charge in [-0.05, 0) is 0 Å². The van der Waals surface area contributed by atoms with Gasteiger partial charge in [-0.25, -0.2) is 0 Å². The van der Waals surface area contributed by atoms with Gasteiger partial charge in [0.1, 0.15) is 0 Å². The van der Waals surface area contributed by atoms with E-state index in [4.69, 9.17) is 0 Å². The Morgan fingerprint density at radius 1 is 1.43 bits per heavy atom. The Hall–Kier alpha value is -1.01. The van der Waals surface area contributed by atoms with Crippen LogP contribution < -0.4 is 0 Å². The van der Waals surface area contributed by atoms with Crippen LogP contribution in [-0.4, -0.2) is 38.5 Å². The number of carbonyl (C=O) groups excluding carboxylic acids is 3. The Balaban J connectivity index is 2.64. The number of rotatable bonds is 2. The van der Waals surface area contributed by atoms with Crippen LogP contribution >= 0.6 is 11.4 Å². The summed E-state index contributed by atoms with van der Waals surface area (Å²) in [6, 6.07) is 0. The predicted molar refractivity (Wildman–Crippen MR) is 53.3 cm³/mol. The first-order valence-electron chi connectivity index (χ1n) is 4.11. The van der Waals surface area contributed by atoms with Crippen LogP contribution in [0.2, 0.25) is 0 Å². The minimum atomic E-state index is -0.291. The summed E-state index contributed by atoms with van der Waals surface area (Å²) < 4.78 is 0. The molecule has 0 atom stereocenters. The third kappa shape index (κ3) is 2.74. The van der Waals surface area contributed by atoms with Gasteiger partial charge >= 0.3 is 0 Å². The quantitative estimate of drug-likeness (QED) is 0.383. The van der Waals surface area contributed by atoms with E-state index in [1.807, 2.05) is 0 Å². The Labute approximate surface area is 84.7 Å². The third-order valence-corrected chi connectivity index (χ3v) is 2.46. The fourth-order valence-corrected chi connectivity index (χ4v) is 1.73. The predicted octanol–water partition coefficient (Wildman–Crippen LogP) is -0.165. The third-order valence-electron chi connectivity index (χ3n) is 1.74. The van der Waals surface area contributed by atoms with Gasteiger partial charge < -0.3 is 5.11 Å². The van der Waals surface area contributed by atoms with E-state index in [9.17, 15) is 19.5 Å². The summed E-state index contributed by atoms with van der Waals surface area (Å²) in [7, 11) is 0. The average Bonchev–Trinajstić information content (AvgIpc) is 2.34. The molecule has 1 aliphatic rings. The Kier molecular flexibility index (Phi) is 3.54. The van der Waals surface area contributed by atoms with Gasteiger partial charge in [-0.2, -0.15) is 0 Å². The van der Waals surface area contributed by atoms with Crippen molar-refractivity contribution < 1.29 is 19.5 Å². The van der Waals surface area contributed by atoms with Gasteiger partial charge in [0, 0.05) is 19.8 Å². The van der Waals surface area contributed by atoms with Gasteiger partial charge in [-0.1, -0.05) is 0 Å². The first-order valence-corrected chi connectivity index (χ1v) is 5.00. The molecule has 0 aliphatic carbocycles. The summed E-state index contributed by atoms with van der Waals surface area (Å²) in [5, 5.41) is 8.87. The lowest BCUT2D eigenvalue weighted by atomic mass is 10.4. The summed E-state index contributed by atoms with van der Waals surface area (Å²) in [4.78, 5) is 33.8. The number of aliphatic hydroxyl groups excluding tert-OH is 1. The van der Waals surface area contributed by atoms with Crippen molar-refractivity contribution in [2.75, 3.05) is 6.54 Å². The van der Waals surface area contributed by atoms with E-state index in [1.54, 1.807) is 0 Å². The van der Waals surface area contributed by atoms with Crippen molar-refractivity contribution in [1.82, 2.24) is 4.90 Å². The highest BCUT2D eigenvalue weighted by molar-refractivity contribution is 8.12. The molecule has 0 radical (unpaired) electrons. The smallest absolute Gasteiger partial charge is 0.230 e. The zero-order valence-electron chi connectivity index (χ0n) is 7.69. The van der Waals surface area contributed by atoms with Crippen molar-refractivity contribution in [1.29, 1.82) is 0 Å². The SMILES string of the molecule is CC(=O)[SH]=C(O)CN1C(=O)CCC1=O. The van der Waals surface area contributed by atoms with Crippen LogP contribution in [0.3, 0.4) is 0 Å². The molecule has 78 valence electrons. The largest absolute Gasteiger partial charge is 0.357 e. The van der Waals surface area contributed by atoms with Crippen molar-refractivity contribution in [3.8, 4) is 0 Å². The molecule has 14 heavy (non-hydrogen) atoms. The maximum absolute atomic E-state index is 11.1. The summed E-state index contributed by atoms with van der Waals surface area (Å²) >= 11 is 0.144. The summed E-state index contributed by atoms with van der Waals surface area (Å²) in [6.07, 6.45) is 0.395. The molecule has 2 amide bonds. The maximum Gasteiger partial charge on any atom is 0.230 e. The van der Waals surface area contributed by atoms with E-state index in [0.717, 1.165) is 4.90 Å². The number of aliphatic hydroxyl groups is 1. The minimum absolute atomic E-state index is 0.144. The van der Waals surface area contributed by atoms with Gasteiger partial charge in [0.15, 0.2) is 5.12 Å². The van der Waals surface area contributed by atoms with E-state index in [2.05, 4.69) is 0 Å². The van der Waals surface area contributed by atoms with Crippen LogP contribution in [0.5, 0.6) is 0 Å². The second-order valence-corrected chi connectivity index (χ2v) is 4.29. The number of thiol groups is 1. The fraction of sp³-hybridized carbons (Fsp3) is 0.500. The summed E-state index contributed by atoms with van der Waals surface area (Å²) in [5.74, 6) is -0.583. The van der Waals surface area contributed by atoms with Gasteiger partial charge in [-0.3, -0.25) is 19.3 Å². The fourth-order valence-electron chi connectivity index (χ4n) is 1.16. The molecule has 0 saturated carbocycles. The molecule has 1 saturated heterocycles. The van der Waals surface area contributed by atoms with Crippen LogP contribution in [0.15, 0.2) is 0 Å². The lowest BCUT2D eigenvalue weighted by Crippen LogP contribution is -2.33. The second-order valence-electron chi connectivity index (χ2n) is 2.92. The number of amides is 2. The van der Waals surface area contributed by atoms with Gasteiger partial charge in [0.05, 0.1) is 11.6 Å². The zero-order valence-corrected chi connectivity index (χ0v) is 8.58. The van der Waals surface area contributed by atoms with Crippen molar-refractivity contribution in [3.05, 3.63) is 0 Å². The van der Waals surface area contributed by atoms with Crippen LogP contribution in [0.25, 0.3) is 0 Å². The number of likely N-dealkylation sites (tertiary alicyclic amines) is 1. The molecule has 1 heterocycles. The number of imide groups is 1. The molecule has 1 N–H and O–H groups in total. The highest BCUT2D eigenvalue weighted by Crippen LogP contribution is 2.11. The first kappa shape index (κ1) is 11.1. The average molecular weight is 217 g/mol. The number of hydrogen-bond donors (Lipinski definition) is 2. The topological polar surface area (TPSA) is 74.7 Å². The number of carbonyl (C=O) groups is 3. The highest BCUT2D eigenvalue weighted by atomic mass is 32.1. The van der Waals surface area contributed by atoms with Crippen molar-refractivity contribution in [2.24, 2.45) is 0 Å². The lowest BCUT2D eigenvalue weighted by Gasteiger charge is -2.12. The van der Waals surface area contributed by atoms with Crippen LogP contribution in [-0.2, 0) is 14.4 Å². The Morgan fingerprint density at radius 3 is 2.36 bits per heavy atom. The van der Waals surface area contributed by atoms with E-state index in [1.165, 1.54) is 6.92 Å².